The maximum Gasteiger partial charge on any atom is 0.324 e. The molecule has 2 aliphatic rings. The van der Waals surface area contributed by atoms with E-state index >= 15 is 0 Å². The van der Waals surface area contributed by atoms with Gasteiger partial charge in [0.05, 0.1) is 0 Å². The number of carbonyl (C=O) groups is 1. The summed E-state index contributed by atoms with van der Waals surface area (Å²) >= 11 is 0. The molecular formula is C19H29FN4O. The molecule has 1 aromatic carbocycles. The second-order valence-electron chi connectivity index (χ2n) is 7.25. The van der Waals surface area contributed by atoms with Gasteiger partial charge in [-0.2, -0.15) is 0 Å². The molecule has 2 aliphatic heterocycles. The summed E-state index contributed by atoms with van der Waals surface area (Å²) in [6, 6.07) is 6.56. The maximum absolute atomic E-state index is 13.1. The Kier molecular flexibility index (Phi) is 5.91. The normalized spacial score (nSPS) is 23.3. The van der Waals surface area contributed by atoms with Crippen LogP contribution in [0.25, 0.3) is 0 Å². The molecule has 0 aromatic heterocycles. The fourth-order valence-corrected chi connectivity index (χ4v) is 3.77. The molecule has 6 heteroatoms. The van der Waals surface area contributed by atoms with E-state index in [9.17, 15) is 9.18 Å². The fraction of sp³-hybridized carbons (Fsp3) is 0.632. The number of benzene rings is 1. The average molecular weight is 348 g/mol. The van der Waals surface area contributed by atoms with E-state index in [1.54, 1.807) is 24.1 Å². The van der Waals surface area contributed by atoms with E-state index < -0.39 is 0 Å². The Bertz CT molecular complexity index is 571. The van der Waals surface area contributed by atoms with Gasteiger partial charge in [0, 0.05) is 58.0 Å². The Balaban J connectivity index is 1.65. The van der Waals surface area contributed by atoms with Crippen molar-refractivity contribution in [3.8, 4) is 0 Å². The predicted octanol–water partition coefficient (Wildman–Crippen LogP) is 2.48. The van der Waals surface area contributed by atoms with Crippen LogP contribution >= 0.6 is 0 Å². The summed E-state index contributed by atoms with van der Waals surface area (Å²) in [4.78, 5) is 21.5. The Morgan fingerprint density at radius 1 is 1.08 bits per heavy atom. The van der Waals surface area contributed by atoms with Crippen LogP contribution in [0.3, 0.4) is 0 Å². The highest BCUT2D eigenvalue weighted by Crippen LogP contribution is 2.21. The zero-order chi connectivity index (χ0) is 17.8. The minimum absolute atomic E-state index is 0.00707. The molecule has 0 saturated carbocycles. The number of rotatable bonds is 2. The molecule has 0 N–H and O–H groups in total. The number of carbonyl (C=O) groups excluding carboxylic acids is 1. The van der Waals surface area contributed by atoms with Crippen LogP contribution in [0.4, 0.5) is 14.9 Å². The number of hydrogen-bond donors (Lipinski definition) is 0. The first kappa shape index (κ1) is 18.1. The van der Waals surface area contributed by atoms with Crippen LogP contribution in [-0.2, 0) is 0 Å². The number of hydrogen-bond acceptors (Lipinski definition) is 3. The SMILES string of the molecule is CN1CCN([C@H]2CCCCN(C(=O)N(C)c3ccc(F)cc3)C2)CC1. The molecule has 0 aliphatic carbocycles. The summed E-state index contributed by atoms with van der Waals surface area (Å²) in [6.45, 7) is 5.94. The van der Waals surface area contributed by atoms with E-state index in [-0.39, 0.29) is 11.8 Å². The van der Waals surface area contributed by atoms with Gasteiger partial charge in [-0.3, -0.25) is 9.80 Å². The van der Waals surface area contributed by atoms with E-state index in [0.717, 1.165) is 57.8 Å². The van der Waals surface area contributed by atoms with Crippen molar-refractivity contribution < 1.29 is 9.18 Å². The number of halogens is 1. The third kappa shape index (κ3) is 4.50. The largest absolute Gasteiger partial charge is 0.324 e. The quantitative estimate of drug-likeness (QED) is 0.823. The Morgan fingerprint density at radius 2 is 1.76 bits per heavy atom. The van der Waals surface area contributed by atoms with E-state index in [1.165, 1.54) is 18.6 Å². The first-order valence-corrected chi connectivity index (χ1v) is 9.25. The van der Waals surface area contributed by atoms with Gasteiger partial charge in [0.1, 0.15) is 5.82 Å². The summed E-state index contributed by atoms with van der Waals surface area (Å²) in [5.41, 5.74) is 0.729. The highest BCUT2D eigenvalue weighted by Gasteiger charge is 2.29. The summed E-state index contributed by atoms with van der Waals surface area (Å²) in [7, 11) is 3.93. The van der Waals surface area contributed by atoms with Crippen LogP contribution in [0.1, 0.15) is 19.3 Å². The standard InChI is InChI=1S/C19H29FN4O/c1-21-11-13-23(14-12-21)18-5-3-4-10-24(15-18)19(25)22(2)17-8-6-16(20)7-9-17/h6-9,18H,3-5,10-15H2,1-2H3/t18-/m0/s1. The van der Waals surface area contributed by atoms with Gasteiger partial charge in [0.25, 0.3) is 0 Å². The third-order valence-electron chi connectivity index (χ3n) is 5.47. The molecule has 25 heavy (non-hydrogen) atoms. The third-order valence-corrected chi connectivity index (χ3v) is 5.47. The van der Waals surface area contributed by atoms with Crippen molar-refractivity contribution >= 4 is 11.7 Å². The highest BCUT2D eigenvalue weighted by atomic mass is 19.1. The van der Waals surface area contributed by atoms with E-state index in [4.69, 9.17) is 0 Å². The van der Waals surface area contributed by atoms with Gasteiger partial charge in [-0.15, -0.1) is 0 Å². The maximum atomic E-state index is 13.1. The second-order valence-corrected chi connectivity index (χ2v) is 7.25. The molecule has 0 unspecified atom stereocenters. The zero-order valence-corrected chi connectivity index (χ0v) is 15.3. The monoisotopic (exact) mass is 348 g/mol. The molecule has 1 atom stereocenters. The Hall–Kier alpha value is -1.66. The minimum atomic E-state index is -0.283. The molecular weight excluding hydrogens is 319 g/mol. The lowest BCUT2D eigenvalue weighted by Gasteiger charge is -2.39. The molecule has 2 saturated heterocycles. The number of nitrogens with zero attached hydrogens (tertiary/aromatic N) is 4. The van der Waals surface area contributed by atoms with Crippen LogP contribution in [-0.4, -0.2) is 80.1 Å². The van der Waals surface area contributed by atoms with Gasteiger partial charge >= 0.3 is 6.03 Å². The van der Waals surface area contributed by atoms with Crippen molar-refractivity contribution in [2.75, 3.05) is 58.3 Å². The van der Waals surface area contributed by atoms with Crippen molar-refractivity contribution in [3.05, 3.63) is 30.1 Å². The van der Waals surface area contributed by atoms with E-state index in [0.29, 0.717) is 6.04 Å². The smallest absolute Gasteiger partial charge is 0.323 e. The summed E-state index contributed by atoms with van der Waals surface area (Å²) in [5, 5.41) is 0. The molecule has 2 amide bonds. The minimum Gasteiger partial charge on any atom is -0.323 e. The van der Waals surface area contributed by atoms with Crippen molar-refractivity contribution in [1.29, 1.82) is 0 Å². The summed E-state index contributed by atoms with van der Waals surface area (Å²) < 4.78 is 13.1. The number of piperazine rings is 1. The van der Waals surface area contributed by atoms with Gasteiger partial charge in [-0.25, -0.2) is 9.18 Å². The number of likely N-dealkylation sites (tertiary alicyclic amines) is 1. The van der Waals surface area contributed by atoms with E-state index in [1.807, 2.05) is 4.90 Å². The van der Waals surface area contributed by atoms with Crippen LogP contribution in [0.15, 0.2) is 24.3 Å². The van der Waals surface area contributed by atoms with Crippen LogP contribution in [0.5, 0.6) is 0 Å². The average Bonchev–Trinajstić information content (AvgIpc) is 2.88. The van der Waals surface area contributed by atoms with Crippen molar-refractivity contribution in [2.24, 2.45) is 0 Å². The second kappa shape index (κ2) is 8.15. The predicted molar refractivity (Wildman–Crippen MR) is 98.5 cm³/mol. The lowest BCUT2D eigenvalue weighted by molar-refractivity contribution is 0.0942. The molecule has 2 fully saturated rings. The molecule has 0 radical (unpaired) electrons. The number of likely N-dealkylation sites (N-methyl/N-ethyl adjacent to an activating group) is 1. The first-order valence-electron chi connectivity index (χ1n) is 9.25. The van der Waals surface area contributed by atoms with Gasteiger partial charge in [-0.05, 0) is 44.2 Å². The van der Waals surface area contributed by atoms with Crippen molar-refractivity contribution in [2.45, 2.75) is 25.3 Å². The fourth-order valence-electron chi connectivity index (χ4n) is 3.77. The molecule has 0 spiro atoms. The van der Waals surface area contributed by atoms with Crippen molar-refractivity contribution in [1.82, 2.24) is 14.7 Å². The number of urea groups is 1. The summed E-state index contributed by atoms with van der Waals surface area (Å²) in [5.74, 6) is -0.283. The van der Waals surface area contributed by atoms with Crippen LogP contribution in [0.2, 0.25) is 0 Å². The number of amides is 2. The molecule has 1 aromatic rings. The van der Waals surface area contributed by atoms with Crippen molar-refractivity contribution in [3.63, 3.8) is 0 Å². The van der Waals surface area contributed by atoms with Gasteiger partial charge in [0.15, 0.2) is 0 Å². The lowest BCUT2D eigenvalue weighted by atomic mass is 10.1. The Labute approximate surface area is 150 Å². The van der Waals surface area contributed by atoms with Gasteiger partial charge in [0.2, 0.25) is 0 Å². The van der Waals surface area contributed by atoms with Gasteiger partial charge in [-0.1, -0.05) is 6.42 Å². The topological polar surface area (TPSA) is 30.0 Å². The van der Waals surface area contributed by atoms with Gasteiger partial charge < -0.3 is 9.80 Å². The Morgan fingerprint density at radius 3 is 2.44 bits per heavy atom. The highest BCUT2D eigenvalue weighted by molar-refractivity contribution is 5.91. The van der Waals surface area contributed by atoms with Crippen LogP contribution < -0.4 is 4.90 Å². The molecule has 3 rings (SSSR count). The molecule has 5 nitrogen and oxygen atoms in total. The first-order chi connectivity index (χ1) is 12.0. The molecule has 2 heterocycles. The molecule has 0 bridgehead atoms. The zero-order valence-electron chi connectivity index (χ0n) is 15.3. The lowest BCUT2D eigenvalue weighted by Crippen LogP contribution is -2.53. The summed E-state index contributed by atoms with van der Waals surface area (Å²) in [6.07, 6.45) is 3.38. The number of anilines is 1. The van der Waals surface area contributed by atoms with Crippen LogP contribution in [0, 0.1) is 5.82 Å². The molecule has 138 valence electrons. The van der Waals surface area contributed by atoms with E-state index in [2.05, 4.69) is 16.8 Å².